The fourth-order valence-electron chi connectivity index (χ4n) is 1.45. The first-order chi connectivity index (χ1) is 8.09. The molecule has 0 aliphatic heterocycles. The normalized spacial score (nSPS) is 13.7. The van der Waals surface area contributed by atoms with Crippen molar-refractivity contribution in [3.05, 3.63) is 29.8 Å². The first-order valence-electron chi connectivity index (χ1n) is 5.22. The van der Waals surface area contributed by atoms with Crippen molar-refractivity contribution in [1.82, 2.24) is 0 Å². The minimum atomic E-state index is -4.23. The number of sulfone groups is 1. The van der Waals surface area contributed by atoms with E-state index in [0.717, 1.165) is 6.26 Å². The van der Waals surface area contributed by atoms with Gasteiger partial charge in [0.1, 0.15) is 0 Å². The second-order valence-electron chi connectivity index (χ2n) is 4.10. The monoisotopic (exact) mass is 317 g/mol. The summed E-state index contributed by atoms with van der Waals surface area (Å²) in [5, 5.41) is 0. The lowest BCUT2D eigenvalue weighted by atomic mass is 10.0. The molecular formula is C11H15ClF3NO2S. The molecule has 2 N–H and O–H groups in total. The Balaban J connectivity index is 0.00000324. The molecule has 1 rings (SSSR count). The maximum atomic E-state index is 12.0. The van der Waals surface area contributed by atoms with Crippen LogP contribution in [0.5, 0.6) is 0 Å². The van der Waals surface area contributed by atoms with E-state index >= 15 is 0 Å². The predicted molar refractivity (Wildman–Crippen MR) is 69.0 cm³/mol. The molecule has 0 aliphatic rings. The highest BCUT2D eigenvalue weighted by Gasteiger charge is 2.27. The number of halogens is 4. The number of rotatable bonds is 4. The SMILES string of the molecule is CS(=O)(=O)c1ccc([C@@H](N)CCC(F)(F)F)cc1.Cl. The van der Waals surface area contributed by atoms with Gasteiger partial charge in [0, 0.05) is 18.7 Å². The first kappa shape index (κ1) is 18.2. The topological polar surface area (TPSA) is 60.2 Å². The maximum Gasteiger partial charge on any atom is 0.389 e. The molecule has 0 saturated carbocycles. The quantitative estimate of drug-likeness (QED) is 0.929. The smallest absolute Gasteiger partial charge is 0.324 e. The molecule has 0 aliphatic carbocycles. The van der Waals surface area contributed by atoms with Gasteiger partial charge in [-0.15, -0.1) is 12.4 Å². The molecule has 0 bridgehead atoms. The zero-order valence-corrected chi connectivity index (χ0v) is 11.8. The fourth-order valence-corrected chi connectivity index (χ4v) is 2.08. The van der Waals surface area contributed by atoms with Gasteiger partial charge in [-0.1, -0.05) is 12.1 Å². The lowest BCUT2D eigenvalue weighted by Crippen LogP contribution is -2.15. The summed E-state index contributed by atoms with van der Waals surface area (Å²) in [6.45, 7) is 0. The molecule has 0 spiro atoms. The van der Waals surface area contributed by atoms with E-state index in [9.17, 15) is 21.6 Å². The van der Waals surface area contributed by atoms with Crippen LogP contribution in [0.4, 0.5) is 13.2 Å². The van der Waals surface area contributed by atoms with E-state index in [-0.39, 0.29) is 23.7 Å². The van der Waals surface area contributed by atoms with Gasteiger partial charge in [0.25, 0.3) is 0 Å². The molecule has 0 amide bonds. The molecule has 0 aromatic heterocycles. The summed E-state index contributed by atoms with van der Waals surface area (Å²) in [7, 11) is -3.30. The average Bonchev–Trinajstić information content (AvgIpc) is 2.24. The van der Waals surface area contributed by atoms with Crippen molar-refractivity contribution in [2.75, 3.05) is 6.26 Å². The van der Waals surface area contributed by atoms with Crippen LogP contribution in [0.3, 0.4) is 0 Å². The number of benzene rings is 1. The minimum absolute atomic E-state index is 0. The van der Waals surface area contributed by atoms with Crippen molar-refractivity contribution in [1.29, 1.82) is 0 Å². The molecule has 3 nitrogen and oxygen atoms in total. The summed E-state index contributed by atoms with van der Waals surface area (Å²) in [5.41, 5.74) is 6.10. The van der Waals surface area contributed by atoms with Gasteiger partial charge >= 0.3 is 6.18 Å². The van der Waals surface area contributed by atoms with Crippen molar-refractivity contribution >= 4 is 22.2 Å². The van der Waals surface area contributed by atoms with E-state index in [0.29, 0.717) is 5.56 Å². The van der Waals surface area contributed by atoms with Crippen molar-refractivity contribution in [2.45, 2.75) is 30.0 Å². The van der Waals surface area contributed by atoms with E-state index in [1.54, 1.807) is 0 Å². The number of hydrogen-bond donors (Lipinski definition) is 1. The van der Waals surface area contributed by atoms with Gasteiger partial charge in [0.05, 0.1) is 4.90 Å². The van der Waals surface area contributed by atoms with Crippen LogP contribution in [0.25, 0.3) is 0 Å². The summed E-state index contributed by atoms with van der Waals surface area (Å²) in [4.78, 5) is 0.120. The Labute approximate surface area is 116 Å². The molecular weight excluding hydrogens is 303 g/mol. The Hall–Kier alpha value is -0.790. The van der Waals surface area contributed by atoms with E-state index in [1.807, 2.05) is 0 Å². The molecule has 0 radical (unpaired) electrons. The van der Waals surface area contributed by atoms with Crippen LogP contribution in [0.15, 0.2) is 29.2 Å². The first-order valence-corrected chi connectivity index (χ1v) is 7.11. The Morgan fingerprint density at radius 2 is 1.68 bits per heavy atom. The van der Waals surface area contributed by atoms with Crippen LogP contribution < -0.4 is 5.73 Å². The van der Waals surface area contributed by atoms with Gasteiger partial charge in [-0.3, -0.25) is 0 Å². The molecule has 1 atom stereocenters. The van der Waals surface area contributed by atoms with Crippen molar-refractivity contribution in [2.24, 2.45) is 5.73 Å². The van der Waals surface area contributed by atoms with Gasteiger partial charge in [-0.05, 0) is 24.1 Å². The van der Waals surface area contributed by atoms with Crippen molar-refractivity contribution < 1.29 is 21.6 Å². The lowest BCUT2D eigenvalue weighted by molar-refractivity contribution is -0.136. The zero-order valence-electron chi connectivity index (χ0n) is 10.1. The van der Waals surface area contributed by atoms with E-state index in [4.69, 9.17) is 5.73 Å². The molecule has 110 valence electrons. The molecule has 0 heterocycles. The van der Waals surface area contributed by atoms with Gasteiger partial charge in [-0.2, -0.15) is 13.2 Å². The van der Waals surface area contributed by atoms with Crippen LogP contribution in [0.1, 0.15) is 24.4 Å². The van der Waals surface area contributed by atoms with Crippen molar-refractivity contribution in [3.8, 4) is 0 Å². The summed E-state index contributed by atoms with van der Waals surface area (Å²) < 4.78 is 58.4. The minimum Gasteiger partial charge on any atom is -0.324 e. The van der Waals surface area contributed by atoms with Gasteiger partial charge in [0.2, 0.25) is 0 Å². The fraction of sp³-hybridized carbons (Fsp3) is 0.455. The highest BCUT2D eigenvalue weighted by atomic mass is 35.5. The Bertz CT molecular complexity index is 500. The largest absolute Gasteiger partial charge is 0.389 e. The molecule has 1 aromatic carbocycles. The molecule has 0 saturated heterocycles. The number of alkyl halides is 3. The molecule has 0 fully saturated rings. The summed E-state index contributed by atoms with van der Waals surface area (Å²) in [5.74, 6) is 0. The molecule has 8 heteroatoms. The second-order valence-corrected chi connectivity index (χ2v) is 6.12. The Morgan fingerprint density at radius 1 is 1.21 bits per heavy atom. The van der Waals surface area contributed by atoms with Gasteiger partial charge in [0.15, 0.2) is 9.84 Å². The summed E-state index contributed by atoms with van der Waals surface area (Å²) >= 11 is 0. The van der Waals surface area contributed by atoms with Crippen LogP contribution in [0, 0.1) is 0 Å². The lowest BCUT2D eigenvalue weighted by Gasteiger charge is -2.13. The Morgan fingerprint density at radius 3 is 2.05 bits per heavy atom. The standard InChI is InChI=1S/C11H14F3NO2S.ClH/c1-18(16,17)9-4-2-8(3-5-9)10(15)6-7-11(12,13)14;/h2-5,10H,6-7,15H2,1H3;1H/t10-;/m0./s1. The van der Waals surface area contributed by atoms with Gasteiger partial charge in [-0.25, -0.2) is 8.42 Å². The molecule has 0 unspecified atom stereocenters. The van der Waals surface area contributed by atoms with E-state index in [1.165, 1.54) is 24.3 Å². The molecule has 19 heavy (non-hydrogen) atoms. The predicted octanol–water partition coefficient (Wildman–Crippen LogP) is 2.85. The second kappa shape index (κ2) is 6.58. The highest BCUT2D eigenvalue weighted by Crippen LogP contribution is 2.26. The van der Waals surface area contributed by atoms with E-state index < -0.39 is 28.5 Å². The zero-order chi connectivity index (χ0) is 14.0. The van der Waals surface area contributed by atoms with Crippen LogP contribution in [-0.2, 0) is 9.84 Å². The third-order valence-corrected chi connectivity index (χ3v) is 3.60. The van der Waals surface area contributed by atoms with Crippen molar-refractivity contribution in [3.63, 3.8) is 0 Å². The van der Waals surface area contributed by atoms with Crippen LogP contribution in [0.2, 0.25) is 0 Å². The van der Waals surface area contributed by atoms with Crippen LogP contribution >= 0.6 is 12.4 Å². The van der Waals surface area contributed by atoms with E-state index in [2.05, 4.69) is 0 Å². The summed E-state index contributed by atoms with van der Waals surface area (Å²) in [6, 6.07) is 4.82. The number of nitrogens with two attached hydrogens (primary N) is 1. The summed E-state index contributed by atoms with van der Waals surface area (Å²) in [6.07, 6.45) is -4.35. The third kappa shape index (κ3) is 6.26. The van der Waals surface area contributed by atoms with Crippen LogP contribution in [-0.4, -0.2) is 20.8 Å². The Kier molecular flexibility index (Phi) is 6.31. The maximum absolute atomic E-state index is 12.0. The average molecular weight is 318 g/mol. The third-order valence-electron chi connectivity index (χ3n) is 2.48. The number of hydrogen-bond acceptors (Lipinski definition) is 3. The highest BCUT2D eigenvalue weighted by molar-refractivity contribution is 7.90. The van der Waals surface area contributed by atoms with Gasteiger partial charge < -0.3 is 5.73 Å². The molecule has 1 aromatic rings.